The molecule has 0 aliphatic rings. The maximum atomic E-state index is 5.96. The lowest BCUT2D eigenvalue weighted by atomic mass is 10.1. The number of nitrogens with zero attached hydrogens (tertiary/aromatic N) is 1. The fourth-order valence-electron chi connectivity index (χ4n) is 1.71. The van der Waals surface area contributed by atoms with Crippen molar-refractivity contribution in [3.8, 4) is 0 Å². The van der Waals surface area contributed by atoms with Crippen LogP contribution in [0.25, 0.3) is 0 Å². The number of nitrogens with two attached hydrogens (primary N) is 1. The highest BCUT2D eigenvalue weighted by Gasteiger charge is 2.08. The van der Waals surface area contributed by atoms with Gasteiger partial charge in [0.25, 0.3) is 0 Å². The molecule has 1 aromatic carbocycles. The fourth-order valence-corrected chi connectivity index (χ4v) is 1.93. The lowest BCUT2D eigenvalue weighted by Gasteiger charge is -2.24. The quantitative estimate of drug-likeness (QED) is 0.829. The molecule has 0 aromatic heterocycles. The summed E-state index contributed by atoms with van der Waals surface area (Å²) in [5.74, 6) is 0. The van der Waals surface area contributed by atoms with Gasteiger partial charge in [0.1, 0.15) is 0 Å². The molecule has 0 aliphatic heterocycles. The van der Waals surface area contributed by atoms with Crippen molar-refractivity contribution in [3.63, 3.8) is 0 Å². The normalized spacial score (nSPS) is 13.1. The van der Waals surface area contributed by atoms with E-state index >= 15 is 0 Å². The second kappa shape index (κ2) is 6.89. The van der Waals surface area contributed by atoms with E-state index < -0.39 is 0 Å². The van der Waals surface area contributed by atoms with Gasteiger partial charge < -0.3 is 5.73 Å². The summed E-state index contributed by atoms with van der Waals surface area (Å²) < 4.78 is 0. The molecule has 0 heterocycles. The van der Waals surface area contributed by atoms with E-state index in [0.717, 1.165) is 31.0 Å². The molecule has 0 bridgehead atoms. The summed E-state index contributed by atoms with van der Waals surface area (Å²) in [6, 6.07) is 8.59. The predicted octanol–water partition coefficient (Wildman–Crippen LogP) is 2.90. The third-order valence-electron chi connectivity index (χ3n) is 2.90. The van der Waals surface area contributed by atoms with Crippen LogP contribution in [0.2, 0.25) is 5.02 Å². The molecule has 1 rings (SSSR count). The molecule has 3 heteroatoms. The van der Waals surface area contributed by atoms with E-state index in [1.165, 1.54) is 5.56 Å². The molecular formula is C13H21ClN2. The molecule has 0 saturated heterocycles. The molecule has 1 aromatic rings. The SMILES string of the molecule is CC(CCCN)N(C)Cc1cccc(Cl)c1. The van der Waals surface area contributed by atoms with Crippen LogP contribution in [0, 0.1) is 0 Å². The zero-order valence-electron chi connectivity index (χ0n) is 10.1. The standard InChI is InChI=1S/C13H21ClN2/c1-11(5-4-8-15)16(2)10-12-6-3-7-13(14)9-12/h3,6-7,9,11H,4-5,8,10,15H2,1-2H3. The number of hydrogen-bond donors (Lipinski definition) is 1. The van der Waals surface area contributed by atoms with Gasteiger partial charge in [-0.1, -0.05) is 23.7 Å². The Bertz CT molecular complexity index is 315. The Morgan fingerprint density at radius 1 is 1.44 bits per heavy atom. The van der Waals surface area contributed by atoms with Crippen molar-refractivity contribution < 1.29 is 0 Å². The van der Waals surface area contributed by atoms with E-state index in [2.05, 4.69) is 24.9 Å². The third-order valence-corrected chi connectivity index (χ3v) is 3.13. The van der Waals surface area contributed by atoms with Gasteiger partial charge in [-0.3, -0.25) is 4.90 Å². The van der Waals surface area contributed by atoms with Crippen LogP contribution in [-0.2, 0) is 6.54 Å². The van der Waals surface area contributed by atoms with E-state index in [1.54, 1.807) is 0 Å². The second-order valence-electron chi connectivity index (χ2n) is 4.32. The summed E-state index contributed by atoms with van der Waals surface area (Å²) in [5, 5.41) is 0.806. The number of halogens is 1. The molecule has 0 saturated carbocycles. The third kappa shape index (κ3) is 4.52. The van der Waals surface area contributed by atoms with Crippen molar-refractivity contribution in [1.29, 1.82) is 0 Å². The van der Waals surface area contributed by atoms with Crippen molar-refractivity contribution in [1.82, 2.24) is 4.90 Å². The van der Waals surface area contributed by atoms with Crippen molar-refractivity contribution in [2.45, 2.75) is 32.4 Å². The van der Waals surface area contributed by atoms with Crippen LogP contribution < -0.4 is 5.73 Å². The van der Waals surface area contributed by atoms with Crippen LogP contribution in [0.3, 0.4) is 0 Å². The van der Waals surface area contributed by atoms with Gasteiger partial charge in [0, 0.05) is 17.6 Å². The van der Waals surface area contributed by atoms with Gasteiger partial charge in [-0.15, -0.1) is 0 Å². The van der Waals surface area contributed by atoms with E-state index in [9.17, 15) is 0 Å². The first-order chi connectivity index (χ1) is 7.63. The Morgan fingerprint density at radius 3 is 2.81 bits per heavy atom. The minimum atomic E-state index is 0.558. The molecule has 90 valence electrons. The van der Waals surface area contributed by atoms with Gasteiger partial charge >= 0.3 is 0 Å². The smallest absolute Gasteiger partial charge is 0.0409 e. The summed E-state index contributed by atoms with van der Waals surface area (Å²) >= 11 is 5.96. The number of benzene rings is 1. The first-order valence-corrected chi connectivity index (χ1v) is 6.16. The van der Waals surface area contributed by atoms with Crippen LogP contribution in [0.1, 0.15) is 25.3 Å². The highest BCUT2D eigenvalue weighted by Crippen LogP contribution is 2.14. The lowest BCUT2D eigenvalue weighted by molar-refractivity contribution is 0.235. The zero-order valence-corrected chi connectivity index (χ0v) is 10.9. The fraction of sp³-hybridized carbons (Fsp3) is 0.538. The summed E-state index contributed by atoms with van der Waals surface area (Å²) in [6.07, 6.45) is 2.23. The lowest BCUT2D eigenvalue weighted by Crippen LogP contribution is -2.29. The molecule has 0 fully saturated rings. The molecule has 0 amide bonds. The van der Waals surface area contributed by atoms with Gasteiger partial charge in [0.15, 0.2) is 0 Å². The maximum Gasteiger partial charge on any atom is 0.0409 e. The average molecular weight is 241 g/mol. The Kier molecular flexibility index (Phi) is 5.81. The monoisotopic (exact) mass is 240 g/mol. The van der Waals surface area contributed by atoms with Crippen molar-refractivity contribution in [2.75, 3.05) is 13.6 Å². The van der Waals surface area contributed by atoms with E-state index in [4.69, 9.17) is 17.3 Å². The van der Waals surface area contributed by atoms with E-state index in [1.807, 2.05) is 18.2 Å². The van der Waals surface area contributed by atoms with Crippen molar-refractivity contribution in [2.24, 2.45) is 5.73 Å². The Morgan fingerprint density at radius 2 is 2.19 bits per heavy atom. The molecule has 2 N–H and O–H groups in total. The van der Waals surface area contributed by atoms with Crippen molar-refractivity contribution in [3.05, 3.63) is 34.9 Å². The molecule has 2 nitrogen and oxygen atoms in total. The highest BCUT2D eigenvalue weighted by atomic mass is 35.5. The van der Waals surface area contributed by atoms with Gasteiger partial charge in [-0.25, -0.2) is 0 Å². The summed E-state index contributed by atoms with van der Waals surface area (Å²) in [4.78, 5) is 2.33. The molecule has 16 heavy (non-hydrogen) atoms. The molecule has 0 aliphatic carbocycles. The number of rotatable bonds is 6. The summed E-state index contributed by atoms with van der Waals surface area (Å²) in [5.41, 5.74) is 6.77. The Labute approximate surface area is 103 Å². The average Bonchev–Trinajstić information content (AvgIpc) is 2.25. The first kappa shape index (κ1) is 13.5. The minimum absolute atomic E-state index is 0.558. The van der Waals surface area contributed by atoms with Gasteiger partial charge in [-0.05, 0) is 51.1 Å². The Hall–Kier alpha value is -0.570. The first-order valence-electron chi connectivity index (χ1n) is 5.78. The van der Waals surface area contributed by atoms with E-state index in [-0.39, 0.29) is 0 Å². The van der Waals surface area contributed by atoms with Crippen molar-refractivity contribution >= 4 is 11.6 Å². The summed E-state index contributed by atoms with van der Waals surface area (Å²) in [7, 11) is 2.14. The zero-order chi connectivity index (χ0) is 12.0. The molecule has 1 atom stereocenters. The second-order valence-corrected chi connectivity index (χ2v) is 4.76. The molecule has 0 spiro atoms. The largest absolute Gasteiger partial charge is 0.330 e. The van der Waals surface area contributed by atoms with Crippen LogP contribution >= 0.6 is 11.6 Å². The molecular weight excluding hydrogens is 220 g/mol. The van der Waals surface area contributed by atoms with Gasteiger partial charge in [0.05, 0.1) is 0 Å². The molecule has 0 radical (unpaired) electrons. The van der Waals surface area contributed by atoms with Crippen LogP contribution in [0.4, 0.5) is 0 Å². The maximum absolute atomic E-state index is 5.96. The minimum Gasteiger partial charge on any atom is -0.330 e. The topological polar surface area (TPSA) is 29.3 Å². The Balaban J connectivity index is 2.47. The van der Waals surface area contributed by atoms with Crippen LogP contribution in [0.5, 0.6) is 0 Å². The van der Waals surface area contributed by atoms with E-state index in [0.29, 0.717) is 6.04 Å². The summed E-state index contributed by atoms with van der Waals surface area (Å²) in [6.45, 7) is 3.95. The van der Waals surface area contributed by atoms with Crippen LogP contribution in [0.15, 0.2) is 24.3 Å². The van der Waals surface area contributed by atoms with Crippen LogP contribution in [-0.4, -0.2) is 24.5 Å². The number of hydrogen-bond acceptors (Lipinski definition) is 2. The van der Waals surface area contributed by atoms with Gasteiger partial charge in [-0.2, -0.15) is 0 Å². The van der Waals surface area contributed by atoms with Gasteiger partial charge in [0.2, 0.25) is 0 Å². The highest BCUT2D eigenvalue weighted by molar-refractivity contribution is 6.30. The predicted molar refractivity (Wildman–Crippen MR) is 70.7 cm³/mol. The molecule has 1 unspecified atom stereocenters.